The summed E-state index contributed by atoms with van der Waals surface area (Å²) < 4.78 is 4.95. The van der Waals surface area contributed by atoms with Crippen LogP contribution in [0.1, 0.15) is 0 Å². The van der Waals surface area contributed by atoms with Crippen LogP contribution < -0.4 is 0 Å². The SMILES string of the molecule is c1ccc(-c2nc(-c3ccccc3)nc(-c3cccc(-c4cccc(-n5c6ccccc6c6sc7c8ccccc8nc(-c8ccccc8)c7c65)c4)c3)n2)cc1. The molecule has 56 heavy (non-hydrogen) atoms. The van der Waals surface area contributed by atoms with Gasteiger partial charge in [-0.05, 0) is 41.5 Å². The summed E-state index contributed by atoms with van der Waals surface area (Å²) in [5, 5.41) is 3.59. The normalized spacial score (nSPS) is 11.6. The molecule has 0 bridgehead atoms. The van der Waals surface area contributed by atoms with Crippen LogP contribution >= 0.6 is 11.3 Å². The first kappa shape index (κ1) is 32.2. The number of thiophene rings is 1. The molecule has 0 unspecified atom stereocenters. The van der Waals surface area contributed by atoms with Gasteiger partial charge >= 0.3 is 0 Å². The van der Waals surface area contributed by atoms with Crippen molar-refractivity contribution in [2.45, 2.75) is 0 Å². The molecule has 5 nitrogen and oxygen atoms in total. The van der Waals surface area contributed by atoms with E-state index in [9.17, 15) is 0 Å². The maximum Gasteiger partial charge on any atom is 0.164 e. The van der Waals surface area contributed by atoms with Crippen molar-refractivity contribution >= 4 is 53.4 Å². The topological polar surface area (TPSA) is 56.5 Å². The van der Waals surface area contributed by atoms with Gasteiger partial charge in [-0.1, -0.05) is 158 Å². The van der Waals surface area contributed by atoms with E-state index >= 15 is 0 Å². The highest BCUT2D eigenvalue weighted by Gasteiger charge is 2.23. The molecule has 0 atom stereocenters. The second kappa shape index (κ2) is 13.2. The number of para-hydroxylation sites is 2. The van der Waals surface area contributed by atoms with Gasteiger partial charge in [-0.3, -0.25) is 0 Å². The van der Waals surface area contributed by atoms with Gasteiger partial charge in [0.2, 0.25) is 0 Å². The predicted octanol–water partition coefficient (Wildman–Crippen LogP) is 13.1. The standard InChI is InChI=1S/C50H31N5S/c1-4-16-32(17-5-1)44-43-45-47(56-46(43)39-26-10-12-28-41(39)51-44)40-27-11-13-29-42(40)55(45)38-25-15-23-36(31-38)35-22-14-24-37(30-35)50-53-48(33-18-6-2-7-19-33)52-49(54-50)34-20-8-3-9-21-34/h1-31H. The first-order valence-corrected chi connectivity index (χ1v) is 19.5. The van der Waals surface area contributed by atoms with Crippen LogP contribution in [0, 0.1) is 0 Å². The van der Waals surface area contributed by atoms with Gasteiger partial charge < -0.3 is 4.57 Å². The quantitative estimate of drug-likeness (QED) is 0.171. The molecule has 262 valence electrons. The summed E-state index contributed by atoms with van der Waals surface area (Å²) in [5.41, 5.74) is 11.5. The van der Waals surface area contributed by atoms with Crippen LogP contribution in [0.3, 0.4) is 0 Å². The third-order valence-corrected chi connectivity index (χ3v) is 11.7. The van der Waals surface area contributed by atoms with Crippen LogP contribution in [0.25, 0.3) is 104 Å². The Hall–Kier alpha value is -7.28. The van der Waals surface area contributed by atoms with Gasteiger partial charge in [0.15, 0.2) is 17.5 Å². The van der Waals surface area contributed by atoms with E-state index in [2.05, 4.69) is 132 Å². The lowest BCUT2D eigenvalue weighted by molar-refractivity contribution is 1.07. The van der Waals surface area contributed by atoms with Crippen molar-refractivity contribution in [3.8, 4) is 62.2 Å². The van der Waals surface area contributed by atoms with E-state index in [1.54, 1.807) is 0 Å². The average Bonchev–Trinajstić information content (AvgIpc) is 3.82. The Morgan fingerprint density at radius 2 is 0.893 bits per heavy atom. The third-order valence-electron chi connectivity index (χ3n) is 10.4. The molecule has 0 N–H and O–H groups in total. The van der Waals surface area contributed by atoms with E-state index in [1.165, 1.54) is 36.6 Å². The van der Waals surface area contributed by atoms with Gasteiger partial charge in [-0.2, -0.15) is 0 Å². The third kappa shape index (κ3) is 5.38. The summed E-state index contributed by atoms with van der Waals surface area (Å²) in [5.74, 6) is 1.92. The van der Waals surface area contributed by atoms with Crippen LogP contribution in [0.5, 0.6) is 0 Å². The van der Waals surface area contributed by atoms with Gasteiger partial charge in [-0.15, -0.1) is 11.3 Å². The molecule has 11 aromatic rings. The first-order chi connectivity index (χ1) is 27.8. The van der Waals surface area contributed by atoms with E-state index in [-0.39, 0.29) is 0 Å². The molecule has 0 aliphatic rings. The summed E-state index contributed by atoms with van der Waals surface area (Å²) in [7, 11) is 0. The van der Waals surface area contributed by atoms with Gasteiger partial charge in [0.25, 0.3) is 0 Å². The Labute approximate surface area is 326 Å². The molecule has 0 saturated carbocycles. The summed E-state index contributed by atoms with van der Waals surface area (Å²) in [6.45, 7) is 0. The van der Waals surface area contributed by atoms with Crippen molar-refractivity contribution in [1.82, 2.24) is 24.5 Å². The van der Waals surface area contributed by atoms with Crippen molar-refractivity contribution in [3.63, 3.8) is 0 Å². The average molecular weight is 734 g/mol. The van der Waals surface area contributed by atoms with Crippen LogP contribution in [-0.4, -0.2) is 24.5 Å². The van der Waals surface area contributed by atoms with Crippen molar-refractivity contribution < 1.29 is 0 Å². The minimum Gasteiger partial charge on any atom is -0.308 e. The number of benzene rings is 7. The Kier molecular flexibility index (Phi) is 7.60. The maximum absolute atomic E-state index is 5.33. The van der Waals surface area contributed by atoms with Gasteiger partial charge in [0.05, 0.1) is 26.9 Å². The molecule has 0 spiro atoms. The highest BCUT2D eigenvalue weighted by Crippen LogP contribution is 2.47. The van der Waals surface area contributed by atoms with Crippen LogP contribution in [0.4, 0.5) is 0 Å². The minimum absolute atomic E-state index is 0.631. The van der Waals surface area contributed by atoms with Gasteiger partial charge in [-0.25, -0.2) is 19.9 Å². The molecule has 4 aromatic heterocycles. The largest absolute Gasteiger partial charge is 0.308 e. The zero-order valence-electron chi connectivity index (χ0n) is 30.0. The second-order valence-corrected chi connectivity index (χ2v) is 14.9. The molecular weight excluding hydrogens is 703 g/mol. The molecule has 0 aliphatic heterocycles. The fourth-order valence-corrected chi connectivity index (χ4v) is 9.18. The van der Waals surface area contributed by atoms with Crippen molar-refractivity contribution in [2.75, 3.05) is 0 Å². The molecule has 11 rings (SSSR count). The zero-order chi connectivity index (χ0) is 37.0. The smallest absolute Gasteiger partial charge is 0.164 e. The van der Waals surface area contributed by atoms with Crippen LogP contribution in [0.15, 0.2) is 188 Å². The number of pyridine rings is 1. The van der Waals surface area contributed by atoms with E-state index in [1.807, 2.05) is 72.0 Å². The number of nitrogens with zero attached hydrogens (tertiary/aromatic N) is 5. The Morgan fingerprint density at radius 3 is 1.59 bits per heavy atom. The summed E-state index contributed by atoms with van der Waals surface area (Å²) >= 11 is 1.86. The minimum atomic E-state index is 0.631. The zero-order valence-corrected chi connectivity index (χ0v) is 30.9. The van der Waals surface area contributed by atoms with Crippen LogP contribution in [0.2, 0.25) is 0 Å². The Morgan fingerprint density at radius 1 is 0.375 bits per heavy atom. The fourth-order valence-electron chi connectivity index (χ4n) is 7.82. The lowest BCUT2D eigenvalue weighted by Gasteiger charge is -2.13. The Bertz CT molecular complexity index is 3190. The molecule has 0 saturated heterocycles. The number of fused-ring (bicyclic) bond motifs is 7. The molecule has 0 fully saturated rings. The Balaban J connectivity index is 1.10. The number of hydrogen-bond donors (Lipinski definition) is 0. The van der Waals surface area contributed by atoms with Gasteiger partial charge in [0.1, 0.15) is 0 Å². The van der Waals surface area contributed by atoms with Crippen LogP contribution in [-0.2, 0) is 0 Å². The lowest BCUT2D eigenvalue weighted by Crippen LogP contribution is -2.00. The molecular formula is C50H31N5S. The molecule has 4 heterocycles. The molecule has 7 aromatic carbocycles. The van der Waals surface area contributed by atoms with Crippen molar-refractivity contribution in [3.05, 3.63) is 188 Å². The second-order valence-electron chi connectivity index (χ2n) is 13.8. The van der Waals surface area contributed by atoms with E-state index < -0.39 is 0 Å². The van der Waals surface area contributed by atoms with E-state index in [0.29, 0.717) is 17.5 Å². The summed E-state index contributed by atoms with van der Waals surface area (Å²) in [6, 6.07) is 65.4. The van der Waals surface area contributed by atoms with Crippen molar-refractivity contribution in [2.24, 2.45) is 0 Å². The van der Waals surface area contributed by atoms with Gasteiger partial charge in [0, 0.05) is 48.8 Å². The molecule has 0 amide bonds. The van der Waals surface area contributed by atoms with Crippen molar-refractivity contribution in [1.29, 1.82) is 0 Å². The number of aromatic nitrogens is 5. The first-order valence-electron chi connectivity index (χ1n) is 18.6. The molecule has 0 radical (unpaired) electrons. The summed E-state index contributed by atoms with van der Waals surface area (Å²) in [4.78, 5) is 20.2. The number of rotatable bonds is 6. The maximum atomic E-state index is 5.33. The number of hydrogen-bond acceptors (Lipinski definition) is 5. The predicted molar refractivity (Wildman–Crippen MR) is 232 cm³/mol. The summed E-state index contributed by atoms with van der Waals surface area (Å²) in [6.07, 6.45) is 0. The van der Waals surface area contributed by atoms with E-state index in [0.717, 1.165) is 50.3 Å². The lowest BCUT2D eigenvalue weighted by atomic mass is 10.0. The molecule has 6 heteroatoms. The highest BCUT2D eigenvalue weighted by atomic mass is 32.1. The van der Waals surface area contributed by atoms with E-state index in [4.69, 9.17) is 19.9 Å². The monoisotopic (exact) mass is 733 g/mol. The molecule has 0 aliphatic carbocycles. The fraction of sp³-hybridized carbons (Fsp3) is 0. The highest BCUT2D eigenvalue weighted by molar-refractivity contribution is 7.27.